The number of benzene rings is 1. The summed E-state index contributed by atoms with van der Waals surface area (Å²) in [5.74, 6) is 0.684. The molecule has 0 fully saturated rings. The summed E-state index contributed by atoms with van der Waals surface area (Å²) in [5, 5.41) is 8.88. The molecule has 0 heterocycles. The molecule has 0 N–H and O–H groups in total. The van der Waals surface area contributed by atoms with Crippen molar-refractivity contribution in [3.8, 4) is 11.8 Å². The lowest BCUT2D eigenvalue weighted by molar-refractivity contribution is 0.0509. The van der Waals surface area contributed by atoms with Gasteiger partial charge in [-0.25, -0.2) is 0 Å². The molecule has 1 aromatic carbocycles. The Balaban J connectivity index is 2.36. The summed E-state index contributed by atoms with van der Waals surface area (Å²) in [5.41, 5.74) is 2.71. The van der Waals surface area contributed by atoms with E-state index >= 15 is 0 Å². The van der Waals surface area contributed by atoms with Gasteiger partial charge in [-0.1, -0.05) is 18.2 Å². The highest BCUT2D eigenvalue weighted by molar-refractivity contribution is 5.80. The first-order valence-corrected chi connectivity index (χ1v) is 5.38. The third-order valence-corrected chi connectivity index (χ3v) is 2.53. The summed E-state index contributed by atoms with van der Waals surface area (Å²) in [6.45, 7) is 0.179. The van der Waals surface area contributed by atoms with Crippen LogP contribution >= 0.6 is 0 Å². The molecule has 3 nitrogen and oxygen atoms in total. The SMILES string of the molecule is COCOc1cc(C#N)ccc1C1=CCC=C1. The summed E-state index contributed by atoms with van der Waals surface area (Å²) >= 11 is 0. The van der Waals surface area contributed by atoms with E-state index in [1.54, 1.807) is 19.2 Å². The third-order valence-electron chi connectivity index (χ3n) is 2.53. The van der Waals surface area contributed by atoms with Gasteiger partial charge in [0.2, 0.25) is 0 Å². The van der Waals surface area contributed by atoms with Crippen molar-refractivity contribution in [3.63, 3.8) is 0 Å². The maximum Gasteiger partial charge on any atom is 0.188 e. The van der Waals surface area contributed by atoms with E-state index in [1.165, 1.54) is 0 Å². The summed E-state index contributed by atoms with van der Waals surface area (Å²) < 4.78 is 10.4. The maximum absolute atomic E-state index is 8.88. The Labute approximate surface area is 101 Å². The molecule has 1 aliphatic rings. The van der Waals surface area contributed by atoms with E-state index in [9.17, 15) is 0 Å². The molecule has 0 atom stereocenters. The highest BCUT2D eigenvalue weighted by Gasteiger charge is 2.10. The zero-order chi connectivity index (χ0) is 12.1. The lowest BCUT2D eigenvalue weighted by Crippen LogP contribution is -2.01. The molecule has 0 spiro atoms. The molecule has 1 aliphatic carbocycles. The van der Waals surface area contributed by atoms with Crippen molar-refractivity contribution < 1.29 is 9.47 Å². The minimum Gasteiger partial charge on any atom is -0.467 e. The number of hydrogen-bond acceptors (Lipinski definition) is 3. The Kier molecular flexibility index (Phi) is 3.59. The van der Waals surface area contributed by atoms with E-state index in [2.05, 4.69) is 24.3 Å². The zero-order valence-corrected chi connectivity index (χ0v) is 9.64. The Morgan fingerprint density at radius 2 is 2.29 bits per heavy atom. The first-order chi connectivity index (χ1) is 8.35. The molecule has 1 aromatic rings. The van der Waals surface area contributed by atoms with Gasteiger partial charge in [0.25, 0.3) is 0 Å². The van der Waals surface area contributed by atoms with Crippen LogP contribution in [-0.4, -0.2) is 13.9 Å². The summed E-state index contributed by atoms with van der Waals surface area (Å²) in [4.78, 5) is 0. The monoisotopic (exact) mass is 227 g/mol. The molecule has 3 heteroatoms. The van der Waals surface area contributed by atoms with Crippen LogP contribution in [0.2, 0.25) is 0 Å². The lowest BCUT2D eigenvalue weighted by Gasteiger charge is -2.11. The molecule has 17 heavy (non-hydrogen) atoms. The van der Waals surface area contributed by atoms with E-state index in [4.69, 9.17) is 14.7 Å². The first-order valence-electron chi connectivity index (χ1n) is 5.38. The second-order valence-electron chi connectivity index (χ2n) is 3.67. The highest BCUT2D eigenvalue weighted by Crippen LogP contribution is 2.30. The van der Waals surface area contributed by atoms with Crippen molar-refractivity contribution in [2.24, 2.45) is 0 Å². The summed E-state index contributed by atoms with van der Waals surface area (Å²) in [6.07, 6.45) is 7.22. The van der Waals surface area contributed by atoms with E-state index in [-0.39, 0.29) is 6.79 Å². The Hall–Kier alpha value is -2.05. The largest absolute Gasteiger partial charge is 0.467 e. The van der Waals surface area contributed by atoms with Crippen molar-refractivity contribution in [1.29, 1.82) is 5.26 Å². The number of hydrogen-bond donors (Lipinski definition) is 0. The lowest BCUT2D eigenvalue weighted by atomic mass is 10.0. The van der Waals surface area contributed by atoms with Gasteiger partial charge in [0, 0.05) is 12.7 Å². The highest BCUT2D eigenvalue weighted by atomic mass is 16.7. The van der Waals surface area contributed by atoms with Crippen LogP contribution < -0.4 is 4.74 Å². The number of allylic oxidation sites excluding steroid dienone is 4. The second-order valence-corrected chi connectivity index (χ2v) is 3.67. The fourth-order valence-corrected chi connectivity index (χ4v) is 1.73. The zero-order valence-electron chi connectivity index (χ0n) is 9.64. The predicted molar refractivity (Wildman–Crippen MR) is 65.4 cm³/mol. The van der Waals surface area contributed by atoms with Crippen LogP contribution in [0.1, 0.15) is 17.5 Å². The molecule has 0 aliphatic heterocycles. The average Bonchev–Trinajstić information content (AvgIpc) is 2.89. The van der Waals surface area contributed by atoms with Crippen LogP contribution in [-0.2, 0) is 4.74 Å². The molecular formula is C14H13NO2. The number of nitrogens with zero attached hydrogens (tertiary/aromatic N) is 1. The van der Waals surface area contributed by atoms with E-state index in [0.717, 1.165) is 17.6 Å². The molecule has 0 amide bonds. The Bertz CT molecular complexity index is 509. The normalized spacial score (nSPS) is 13.3. The number of rotatable bonds is 4. The van der Waals surface area contributed by atoms with Crippen molar-refractivity contribution in [2.45, 2.75) is 6.42 Å². The number of ether oxygens (including phenoxy) is 2. The van der Waals surface area contributed by atoms with E-state index < -0.39 is 0 Å². The Morgan fingerprint density at radius 3 is 2.94 bits per heavy atom. The van der Waals surface area contributed by atoms with Gasteiger partial charge in [-0.05, 0) is 30.2 Å². The van der Waals surface area contributed by atoms with Gasteiger partial charge in [-0.2, -0.15) is 5.26 Å². The molecule has 0 bridgehead atoms. The first kappa shape index (κ1) is 11.4. The average molecular weight is 227 g/mol. The minimum atomic E-state index is 0.179. The van der Waals surface area contributed by atoms with Gasteiger partial charge in [-0.3, -0.25) is 0 Å². The van der Waals surface area contributed by atoms with Crippen LogP contribution in [0.15, 0.2) is 36.4 Å². The quantitative estimate of drug-likeness (QED) is 0.743. The predicted octanol–water partition coefficient (Wildman–Crippen LogP) is 2.88. The Morgan fingerprint density at radius 1 is 1.41 bits per heavy atom. The molecule has 0 saturated carbocycles. The molecular weight excluding hydrogens is 214 g/mol. The third kappa shape index (κ3) is 2.55. The molecule has 86 valence electrons. The van der Waals surface area contributed by atoms with E-state index in [1.807, 2.05) is 6.07 Å². The topological polar surface area (TPSA) is 42.2 Å². The smallest absolute Gasteiger partial charge is 0.188 e. The molecule has 0 aromatic heterocycles. The van der Waals surface area contributed by atoms with Crippen LogP contribution in [0.5, 0.6) is 5.75 Å². The van der Waals surface area contributed by atoms with Crippen LogP contribution in [0, 0.1) is 11.3 Å². The standard InChI is InChI=1S/C14H13NO2/c1-16-10-17-14-8-11(9-15)6-7-13(14)12-4-2-3-5-12/h2,4-8H,3,10H2,1H3. The fourth-order valence-electron chi connectivity index (χ4n) is 1.73. The van der Waals surface area contributed by atoms with Crippen LogP contribution in [0.3, 0.4) is 0 Å². The van der Waals surface area contributed by atoms with Gasteiger partial charge in [0.05, 0.1) is 11.6 Å². The van der Waals surface area contributed by atoms with Crippen LogP contribution in [0.4, 0.5) is 0 Å². The van der Waals surface area contributed by atoms with Gasteiger partial charge in [0.1, 0.15) is 5.75 Å². The van der Waals surface area contributed by atoms with Crippen molar-refractivity contribution in [1.82, 2.24) is 0 Å². The number of nitriles is 1. The molecule has 0 saturated heterocycles. The van der Waals surface area contributed by atoms with Gasteiger partial charge in [0.15, 0.2) is 6.79 Å². The van der Waals surface area contributed by atoms with Gasteiger partial charge < -0.3 is 9.47 Å². The van der Waals surface area contributed by atoms with Crippen molar-refractivity contribution in [3.05, 3.63) is 47.6 Å². The molecule has 0 unspecified atom stereocenters. The molecule has 0 radical (unpaired) electrons. The van der Waals surface area contributed by atoms with Gasteiger partial charge >= 0.3 is 0 Å². The summed E-state index contributed by atoms with van der Waals surface area (Å²) in [7, 11) is 1.57. The van der Waals surface area contributed by atoms with E-state index in [0.29, 0.717) is 11.3 Å². The van der Waals surface area contributed by atoms with Crippen LogP contribution in [0.25, 0.3) is 5.57 Å². The maximum atomic E-state index is 8.88. The minimum absolute atomic E-state index is 0.179. The van der Waals surface area contributed by atoms with Crippen molar-refractivity contribution >= 4 is 5.57 Å². The summed E-state index contributed by atoms with van der Waals surface area (Å²) in [6, 6.07) is 7.54. The number of methoxy groups -OCH3 is 1. The van der Waals surface area contributed by atoms with Gasteiger partial charge in [-0.15, -0.1) is 0 Å². The second kappa shape index (κ2) is 5.33. The molecule has 2 rings (SSSR count). The van der Waals surface area contributed by atoms with Crippen molar-refractivity contribution in [2.75, 3.05) is 13.9 Å². The fraction of sp³-hybridized carbons (Fsp3) is 0.214.